The maximum Gasteiger partial charge on any atom is 0.286 e. The zero-order valence-electron chi connectivity index (χ0n) is 6.01. The fourth-order valence-corrected chi connectivity index (χ4v) is 0.587. The minimum absolute atomic E-state index is 0.0833. The van der Waals surface area contributed by atoms with Gasteiger partial charge in [0.05, 0.1) is 0 Å². The van der Waals surface area contributed by atoms with Gasteiger partial charge in [-0.2, -0.15) is 5.26 Å². The Morgan fingerprint density at radius 1 is 1.67 bits per heavy atom. The minimum atomic E-state index is -0.0833. The van der Waals surface area contributed by atoms with Crippen LogP contribution in [0.15, 0.2) is 11.6 Å². The van der Waals surface area contributed by atoms with Crippen LogP contribution in [-0.2, 0) is 4.74 Å². The number of nitrogens with zero attached hydrogens (tertiary/aromatic N) is 1. The highest BCUT2D eigenvalue weighted by molar-refractivity contribution is 4.97. The van der Waals surface area contributed by atoms with Crippen LogP contribution in [0.5, 0.6) is 0 Å². The molecule has 0 aliphatic rings. The Hall–Kier alpha value is -0.970. The fourth-order valence-electron chi connectivity index (χ4n) is 0.587. The third-order valence-electron chi connectivity index (χ3n) is 0.807. The van der Waals surface area contributed by atoms with E-state index in [0.717, 1.165) is 5.57 Å². The second-order valence-corrected chi connectivity index (χ2v) is 2.16. The maximum absolute atomic E-state index is 8.05. The van der Waals surface area contributed by atoms with E-state index in [4.69, 9.17) is 5.26 Å². The summed E-state index contributed by atoms with van der Waals surface area (Å²) >= 11 is 0. The van der Waals surface area contributed by atoms with Crippen molar-refractivity contribution in [1.29, 1.82) is 5.26 Å². The summed E-state index contributed by atoms with van der Waals surface area (Å²) in [5, 5.41) is 8.05. The first-order valence-electron chi connectivity index (χ1n) is 2.86. The van der Waals surface area contributed by atoms with E-state index < -0.39 is 0 Å². The second kappa shape index (κ2) is 3.96. The summed E-state index contributed by atoms with van der Waals surface area (Å²) in [5.41, 5.74) is 1.16. The Kier molecular flexibility index (Phi) is 3.54. The molecule has 0 N–H and O–H groups in total. The molecule has 0 aromatic rings. The molecule has 1 atom stereocenters. The van der Waals surface area contributed by atoms with E-state index in [0.29, 0.717) is 0 Å². The number of hydrogen-bond acceptors (Lipinski definition) is 2. The SMILES string of the molecule is CC(C)=CC(C)OC#N. The van der Waals surface area contributed by atoms with Gasteiger partial charge in [0.2, 0.25) is 0 Å². The van der Waals surface area contributed by atoms with Gasteiger partial charge in [-0.05, 0) is 26.8 Å². The quantitative estimate of drug-likeness (QED) is 0.416. The topological polar surface area (TPSA) is 33.0 Å². The lowest BCUT2D eigenvalue weighted by molar-refractivity contribution is 0.223. The average Bonchev–Trinajstić information content (AvgIpc) is 1.63. The lowest BCUT2D eigenvalue weighted by Gasteiger charge is -2.00. The van der Waals surface area contributed by atoms with Crippen molar-refractivity contribution in [3.8, 4) is 6.26 Å². The van der Waals surface area contributed by atoms with Crippen LogP contribution in [0.3, 0.4) is 0 Å². The molecule has 0 aromatic carbocycles. The number of rotatable bonds is 2. The summed E-state index contributed by atoms with van der Waals surface area (Å²) in [6.45, 7) is 5.77. The number of hydrogen-bond donors (Lipinski definition) is 0. The van der Waals surface area contributed by atoms with E-state index in [1.54, 1.807) is 6.26 Å². The zero-order valence-corrected chi connectivity index (χ0v) is 6.01. The zero-order chi connectivity index (χ0) is 7.28. The maximum atomic E-state index is 8.05. The lowest BCUT2D eigenvalue weighted by Crippen LogP contribution is -1.98. The molecule has 0 spiro atoms. The third-order valence-corrected chi connectivity index (χ3v) is 0.807. The predicted molar refractivity (Wildman–Crippen MR) is 35.6 cm³/mol. The molecule has 0 fully saturated rings. The molecule has 0 bridgehead atoms. The molecular formula is C7H11NO. The van der Waals surface area contributed by atoms with Crippen molar-refractivity contribution in [1.82, 2.24) is 0 Å². The summed E-state index contributed by atoms with van der Waals surface area (Å²) < 4.78 is 4.58. The van der Waals surface area contributed by atoms with Gasteiger partial charge < -0.3 is 4.74 Å². The smallest absolute Gasteiger partial charge is 0.286 e. The van der Waals surface area contributed by atoms with Crippen molar-refractivity contribution < 1.29 is 4.74 Å². The van der Waals surface area contributed by atoms with Crippen LogP contribution in [0, 0.1) is 11.5 Å². The van der Waals surface area contributed by atoms with Gasteiger partial charge in [0, 0.05) is 0 Å². The first-order chi connectivity index (χ1) is 4.16. The number of nitriles is 1. The van der Waals surface area contributed by atoms with Gasteiger partial charge in [0.1, 0.15) is 6.10 Å². The normalized spacial score (nSPS) is 11.3. The molecule has 50 valence electrons. The van der Waals surface area contributed by atoms with E-state index in [1.807, 2.05) is 26.8 Å². The standard InChI is InChI=1S/C7H11NO/c1-6(2)4-7(3)9-5-8/h4,7H,1-3H3. The highest BCUT2D eigenvalue weighted by Crippen LogP contribution is 1.96. The number of ether oxygens (including phenoxy) is 1. The summed E-state index contributed by atoms with van der Waals surface area (Å²) in [6.07, 6.45) is 3.44. The Labute approximate surface area is 55.7 Å². The molecule has 0 aliphatic carbocycles. The summed E-state index contributed by atoms with van der Waals surface area (Å²) in [5.74, 6) is 0. The van der Waals surface area contributed by atoms with Crippen molar-refractivity contribution in [3.05, 3.63) is 11.6 Å². The summed E-state index contributed by atoms with van der Waals surface area (Å²) in [4.78, 5) is 0. The van der Waals surface area contributed by atoms with E-state index in [2.05, 4.69) is 4.74 Å². The molecular weight excluding hydrogens is 114 g/mol. The van der Waals surface area contributed by atoms with Gasteiger partial charge in [-0.1, -0.05) is 5.57 Å². The van der Waals surface area contributed by atoms with Crippen molar-refractivity contribution in [2.45, 2.75) is 26.9 Å². The van der Waals surface area contributed by atoms with Crippen LogP contribution < -0.4 is 0 Å². The summed E-state index contributed by atoms with van der Waals surface area (Å²) in [6, 6.07) is 0. The van der Waals surface area contributed by atoms with Crippen LogP contribution in [0.2, 0.25) is 0 Å². The van der Waals surface area contributed by atoms with Crippen molar-refractivity contribution >= 4 is 0 Å². The molecule has 0 aromatic heterocycles. The molecule has 0 saturated carbocycles. The van der Waals surface area contributed by atoms with Crippen LogP contribution in [0.1, 0.15) is 20.8 Å². The molecule has 0 saturated heterocycles. The van der Waals surface area contributed by atoms with Crippen molar-refractivity contribution in [3.63, 3.8) is 0 Å². The Bertz CT molecular complexity index is 139. The van der Waals surface area contributed by atoms with Gasteiger partial charge in [-0.15, -0.1) is 0 Å². The monoisotopic (exact) mass is 125 g/mol. The molecule has 9 heavy (non-hydrogen) atoms. The fraction of sp³-hybridized carbons (Fsp3) is 0.571. The highest BCUT2D eigenvalue weighted by Gasteiger charge is 1.93. The molecule has 0 amide bonds. The molecule has 0 heterocycles. The van der Waals surface area contributed by atoms with Gasteiger partial charge >= 0.3 is 0 Å². The number of allylic oxidation sites excluding steroid dienone is 1. The molecule has 0 radical (unpaired) electrons. The summed E-state index contributed by atoms with van der Waals surface area (Å²) in [7, 11) is 0. The lowest BCUT2D eigenvalue weighted by atomic mass is 10.2. The highest BCUT2D eigenvalue weighted by atomic mass is 16.5. The van der Waals surface area contributed by atoms with Gasteiger partial charge in [0.25, 0.3) is 6.26 Å². The van der Waals surface area contributed by atoms with Crippen molar-refractivity contribution in [2.24, 2.45) is 0 Å². The van der Waals surface area contributed by atoms with Gasteiger partial charge in [-0.25, -0.2) is 0 Å². The molecule has 0 aliphatic heterocycles. The Morgan fingerprint density at radius 2 is 2.22 bits per heavy atom. The second-order valence-electron chi connectivity index (χ2n) is 2.16. The van der Waals surface area contributed by atoms with E-state index >= 15 is 0 Å². The van der Waals surface area contributed by atoms with E-state index in [-0.39, 0.29) is 6.10 Å². The van der Waals surface area contributed by atoms with Crippen LogP contribution in [0.4, 0.5) is 0 Å². The van der Waals surface area contributed by atoms with Gasteiger partial charge in [0.15, 0.2) is 0 Å². The first kappa shape index (κ1) is 8.03. The Balaban J connectivity index is 3.65. The van der Waals surface area contributed by atoms with E-state index in [9.17, 15) is 0 Å². The first-order valence-corrected chi connectivity index (χ1v) is 2.86. The minimum Gasteiger partial charge on any atom is -0.420 e. The van der Waals surface area contributed by atoms with Crippen LogP contribution >= 0.6 is 0 Å². The average molecular weight is 125 g/mol. The van der Waals surface area contributed by atoms with Crippen molar-refractivity contribution in [2.75, 3.05) is 0 Å². The van der Waals surface area contributed by atoms with Crippen LogP contribution in [-0.4, -0.2) is 6.10 Å². The molecule has 2 nitrogen and oxygen atoms in total. The Morgan fingerprint density at radius 3 is 2.56 bits per heavy atom. The third kappa shape index (κ3) is 4.89. The molecule has 0 rings (SSSR count). The molecule has 2 heteroatoms. The predicted octanol–water partition coefficient (Wildman–Crippen LogP) is 1.84. The largest absolute Gasteiger partial charge is 0.420 e. The van der Waals surface area contributed by atoms with Crippen LogP contribution in [0.25, 0.3) is 0 Å². The molecule has 1 unspecified atom stereocenters. The van der Waals surface area contributed by atoms with Gasteiger partial charge in [-0.3, -0.25) is 0 Å². The van der Waals surface area contributed by atoms with E-state index in [1.165, 1.54) is 0 Å².